The molecule has 0 saturated carbocycles. The monoisotopic (exact) mass is 237 g/mol. The van der Waals surface area contributed by atoms with Gasteiger partial charge in [0.25, 0.3) is 0 Å². The highest BCUT2D eigenvalue weighted by Crippen LogP contribution is 2.33. The Morgan fingerprint density at radius 2 is 1.94 bits per heavy atom. The van der Waals surface area contributed by atoms with Crippen molar-refractivity contribution in [3.8, 4) is 0 Å². The van der Waals surface area contributed by atoms with Gasteiger partial charge in [-0.15, -0.1) is 5.23 Å². The number of aromatic carboxylic acids is 1. The van der Waals surface area contributed by atoms with E-state index in [1.165, 1.54) is 18.2 Å². The fraction of sp³-hybridized carbons (Fsp3) is 0.364. The molecule has 0 atom stereocenters. The van der Waals surface area contributed by atoms with Gasteiger partial charge in [0.2, 0.25) is 0 Å². The second-order valence-corrected chi connectivity index (χ2v) is 3.94. The maximum atomic E-state index is 11.0. The van der Waals surface area contributed by atoms with Gasteiger partial charge in [0.05, 0.1) is 11.7 Å². The number of anilines is 2. The fourth-order valence-corrected chi connectivity index (χ4v) is 2.13. The molecule has 6 nitrogen and oxygen atoms in total. The molecule has 92 valence electrons. The molecule has 17 heavy (non-hydrogen) atoms. The summed E-state index contributed by atoms with van der Waals surface area (Å²) < 4.78 is 0. The molecule has 1 fully saturated rings. The zero-order chi connectivity index (χ0) is 12.4. The minimum atomic E-state index is -1.32. The number of carbonyl (C=O) groups excluding carboxylic acids is 1. The van der Waals surface area contributed by atoms with Crippen LogP contribution in [0.5, 0.6) is 0 Å². The van der Waals surface area contributed by atoms with Gasteiger partial charge in [-0.3, -0.25) is 10.4 Å². The van der Waals surface area contributed by atoms with Crippen LogP contribution in [-0.4, -0.2) is 29.5 Å². The molecule has 1 aliphatic heterocycles. The molecule has 1 saturated heterocycles. The van der Waals surface area contributed by atoms with Crippen molar-refractivity contribution in [3.63, 3.8) is 0 Å². The first-order valence-corrected chi connectivity index (χ1v) is 5.38. The van der Waals surface area contributed by atoms with E-state index in [9.17, 15) is 9.90 Å². The Balaban J connectivity index is 2.53. The first-order chi connectivity index (χ1) is 8.11. The molecule has 1 aromatic rings. The predicted molar refractivity (Wildman–Crippen MR) is 58.3 cm³/mol. The lowest BCUT2D eigenvalue weighted by molar-refractivity contribution is -0.254. The zero-order valence-electron chi connectivity index (χ0n) is 9.17. The number of nitrogens with zero attached hydrogens (tertiary/aromatic N) is 2. The summed E-state index contributed by atoms with van der Waals surface area (Å²) in [5.74, 6) is -1.32. The molecule has 0 spiro atoms. The summed E-state index contributed by atoms with van der Waals surface area (Å²) in [5, 5.41) is 29.2. The summed E-state index contributed by atoms with van der Waals surface area (Å²) in [7, 11) is 0. The number of para-hydroxylation sites is 1. The Morgan fingerprint density at radius 1 is 1.29 bits per heavy atom. The van der Waals surface area contributed by atoms with Crippen LogP contribution in [0, 0.1) is 0 Å². The molecule has 0 bridgehead atoms. The highest BCUT2D eigenvalue weighted by Gasteiger charge is 2.21. The van der Waals surface area contributed by atoms with Crippen molar-refractivity contribution in [3.05, 3.63) is 23.8 Å². The van der Waals surface area contributed by atoms with Gasteiger partial charge in [0.1, 0.15) is 5.69 Å². The van der Waals surface area contributed by atoms with Crippen LogP contribution in [0.15, 0.2) is 18.2 Å². The minimum Gasteiger partial charge on any atom is -0.545 e. The van der Waals surface area contributed by atoms with Crippen LogP contribution in [0.25, 0.3) is 0 Å². The largest absolute Gasteiger partial charge is 0.545 e. The number of rotatable bonds is 3. The summed E-state index contributed by atoms with van der Waals surface area (Å²) in [6.07, 6.45) is 1.91. The van der Waals surface area contributed by atoms with Crippen molar-refractivity contribution < 1.29 is 20.3 Å². The summed E-state index contributed by atoms with van der Waals surface area (Å²) in [6.45, 7) is 1.40. The number of benzene rings is 1. The Morgan fingerprint density at radius 3 is 2.47 bits per heavy atom. The molecule has 1 aromatic carbocycles. The van der Waals surface area contributed by atoms with Crippen LogP contribution in [0.3, 0.4) is 0 Å². The van der Waals surface area contributed by atoms with Gasteiger partial charge in [-0.05, 0) is 18.9 Å². The van der Waals surface area contributed by atoms with E-state index in [2.05, 4.69) is 0 Å². The average Bonchev–Trinajstić information content (AvgIpc) is 2.80. The van der Waals surface area contributed by atoms with Crippen molar-refractivity contribution in [2.45, 2.75) is 12.8 Å². The predicted octanol–water partition coefficient (Wildman–Crippen LogP) is 0.235. The molecule has 0 unspecified atom stereocenters. The Hall–Kier alpha value is -1.79. The van der Waals surface area contributed by atoms with Gasteiger partial charge in [0.15, 0.2) is 0 Å². The first kappa shape index (κ1) is 11.7. The number of hydrogen-bond donors (Lipinski definition) is 2. The van der Waals surface area contributed by atoms with Gasteiger partial charge in [-0.25, -0.2) is 0 Å². The molecular formula is C11H13N2O4-. The Bertz CT molecular complexity index is 427. The number of carboxylic acid groups (broad SMARTS) is 1. The van der Waals surface area contributed by atoms with E-state index in [1.54, 1.807) is 0 Å². The van der Waals surface area contributed by atoms with E-state index in [-0.39, 0.29) is 16.5 Å². The maximum absolute atomic E-state index is 11.0. The van der Waals surface area contributed by atoms with Gasteiger partial charge in [-0.1, -0.05) is 12.1 Å². The molecule has 2 N–H and O–H groups in total. The van der Waals surface area contributed by atoms with Gasteiger partial charge in [0, 0.05) is 18.7 Å². The SMILES string of the molecule is O=C([O-])c1cccc(N(O)O)c1N1CCCC1. The molecule has 0 radical (unpaired) electrons. The third-order valence-electron chi connectivity index (χ3n) is 2.87. The number of carboxylic acids is 1. The van der Waals surface area contributed by atoms with E-state index in [1.807, 2.05) is 4.90 Å². The van der Waals surface area contributed by atoms with Crippen LogP contribution >= 0.6 is 0 Å². The molecule has 0 aromatic heterocycles. The molecule has 0 amide bonds. The number of hydrogen-bond acceptors (Lipinski definition) is 6. The Labute approximate surface area is 98.2 Å². The molecule has 0 aliphatic carbocycles. The van der Waals surface area contributed by atoms with Crippen molar-refractivity contribution >= 4 is 17.3 Å². The standard InChI is InChI=1S/C11H14N2O4/c14-11(15)8-4-3-5-9(13(16)17)10(8)12-6-1-2-7-12/h3-5,16-17H,1-2,6-7H2,(H,14,15)/p-1. The molecule has 2 rings (SSSR count). The third-order valence-corrected chi connectivity index (χ3v) is 2.87. The van der Waals surface area contributed by atoms with Gasteiger partial charge >= 0.3 is 0 Å². The van der Waals surface area contributed by atoms with Gasteiger partial charge in [-0.2, -0.15) is 0 Å². The fourth-order valence-electron chi connectivity index (χ4n) is 2.13. The third kappa shape index (κ3) is 2.17. The second kappa shape index (κ2) is 4.60. The van der Waals surface area contributed by atoms with Crippen LogP contribution < -0.4 is 15.2 Å². The van der Waals surface area contributed by atoms with Crippen molar-refractivity contribution in [1.82, 2.24) is 0 Å². The average molecular weight is 237 g/mol. The van der Waals surface area contributed by atoms with E-state index >= 15 is 0 Å². The van der Waals surface area contributed by atoms with E-state index in [0.29, 0.717) is 18.8 Å². The summed E-state index contributed by atoms with van der Waals surface area (Å²) in [6, 6.07) is 4.29. The second-order valence-electron chi connectivity index (χ2n) is 3.94. The topological polar surface area (TPSA) is 87.1 Å². The number of carbonyl (C=O) groups is 1. The molecular weight excluding hydrogens is 224 g/mol. The van der Waals surface area contributed by atoms with E-state index in [0.717, 1.165) is 12.8 Å². The molecule has 1 heterocycles. The van der Waals surface area contributed by atoms with Crippen LogP contribution in [0.1, 0.15) is 23.2 Å². The van der Waals surface area contributed by atoms with E-state index < -0.39 is 5.97 Å². The maximum Gasteiger partial charge on any atom is 0.118 e. The van der Waals surface area contributed by atoms with Crippen LogP contribution in [0.4, 0.5) is 11.4 Å². The summed E-state index contributed by atoms with van der Waals surface area (Å²) >= 11 is 0. The van der Waals surface area contributed by atoms with Crippen molar-refractivity contribution in [2.75, 3.05) is 23.2 Å². The lowest BCUT2D eigenvalue weighted by Crippen LogP contribution is -2.29. The highest BCUT2D eigenvalue weighted by molar-refractivity contribution is 5.97. The highest BCUT2D eigenvalue weighted by atomic mass is 16.8. The Kier molecular flexibility index (Phi) is 3.16. The smallest absolute Gasteiger partial charge is 0.118 e. The van der Waals surface area contributed by atoms with Crippen molar-refractivity contribution in [2.24, 2.45) is 0 Å². The van der Waals surface area contributed by atoms with E-state index in [4.69, 9.17) is 10.4 Å². The first-order valence-electron chi connectivity index (χ1n) is 5.38. The summed E-state index contributed by atoms with van der Waals surface area (Å²) in [5.41, 5.74) is 0.320. The molecule has 1 aliphatic rings. The molecule has 6 heteroatoms. The zero-order valence-corrected chi connectivity index (χ0v) is 9.17. The van der Waals surface area contributed by atoms with Crippen LogP contribution in [-0.2, 0) is 0 Å². The van der Waals surface area contributed by atoms with Crippen LogP contribution in [0.2, 0.25) is 0 Å². The normalized spacial score (nSPS) is 15.1. The quantitative estimate of drug-likeness (QED) is 0.732. The lowest BCUT2D eigenvalue weighted by Gasteiger charge is -2.26. The van der Waals surface area contributed by atoms with Crippen molar-refractivity contribution in [1.29, 1.82) is 0 Å². The lowest BCUT2D eigenvalue weighted by atomic mass is 10.1. The van der Waals surface area contributed by atoms with Gasteiger partial charge < -0.3 is 14.8 Å². The summed E-state index contributed by atoms with van der Waals surface area (Å²) in [4.78, 5) is 12.9. The minimum absolute atomic E-state index is 0.0301.